The molecule has 0 fully saturated rings. The van der Waals surface area contributed by atoms with Gasteiger partial charge in [0, 0.05) is 23.5 Å². The first-order chi connectivity index (χ1) is 11.1. The quantitative estimate of drug-likeness (QED) is 0.694. The van der Waals surface area contributed by atoms with Crippen molar-refractivity contribution < 1.29 is 28.2 Å². The molecule has 1 amide bonds. The summed E-state index contributed by atoms with van der Waals surface area (Å²) in [6.45, 7) is 5.73. The molecule has 1 atom stereocenters. The zero-order valence-electron chi connectivity index (χ0n) is 13.7. The Morgan fingerprint density at radius 3 is 2.29 bits per heavy atom. The third-order valence-corrected chi connectivity index (χ3v) is 3.61. The Morgan fingerprint density at radius 1 is 1.25 bits per heavy atom. The predicted molar refractivity (Wildman–Crippen MR) is 87.5 cm³/mol. The molecule has 2 N–H and O–H groups in total. The lowest BCUT2D eigenvalue weighted by molar-refractivity contribution is -0.140. The Balaban J connectivity index is 2.63. The van der Waals surface area contributed by atoms with Crippen LogP contribution >= 0.6 is 11.8 Å². The Kier molecular flexibility index (Phi) is 7.62. The number of benzene rings is 1. The highest BCUT2D eigenvalue weighted by Crippen LogP contribution is 2.25. The van der Waals surface area contributed by atoms with E-state index in [0.717, 1.165) is 0 Å². The van der Waals surface area contributed by atoms with E-state index < -0.39 is 29.3 Å². The summed E-state index contributed by atoms with van der Waals surface area (Å²) >= 11 is 0.375. The standard InChI is InChI=1S/C16H21F2NO4S/c1-16(2,3)23-9-8-12(14(21)22)19-13(20)10-4-6-11(7-5-10)24-15(17)18/h4-7,12,15H,8-9H2,1-3H3,(H,19,20)(H,21,22). The molecule has 0 radical (unpaired) electrons. The second kappa shape index (κ2) is 8.98. The third kappa shape index (κ3) is 7.74. The number of carbonyl (C=O) groups is 2. The van der Waals surface area contributed by atoms with Gasteiger partial charge in [0.15, 0.2) is 0 Å². The molecule has 8 heteroatoms. The first-order valence-electron chi connectivity index (χ1n) is 7.31. The maximum atomic E-state index is 12.2. The van der Waals surface area contributed by atoms with Crippen LogP contribution in [0.4, 0.5) is 8.78 Å². The number of carboxylic acids is 1. The molecule has 0 aliphatic heterocycles. The van der Waals surface area contributed by atoms with Crippen LogP contribution in [0.1, 0.15) is 37.6 Å². The number of ether oxygens (including phenoxy) is 1. The van der Waals surface area contributed by atoms with Crippen LogP contribution in [-0.2, 0) is 9.53 Å². The minimum absolute atomic E-state index is 0.123. The van der Waals surface area contributed by atoms with Crippen molar-refractivity contribution in [2.75, 3.05) is 6.61 Å². The van der Waals surface area contributed by atoms with Crippen molar-refractivity contribution in [1.82, 2.24) is 5.32 Å². The molecule has 1 aromatic rings. The number of aliphatic carboxylic acids is 1. The van der Waals surface area contributed by atoms with E-state index in [0.29, 0.717) is 16.7 Å². The molecule has 0 heterocycles. The SMILES string of the molecule is CC(C)(C)OCCC(NC(=O)c1ccc(SC(F)F)cc1)C(=O)O. The fourth-order valence-electron chi connectivity index (χ4n) is 1.77. The highest BCUT2D eigenvalue weighted by atomic mass is 32.2. The molecule has 0 aromatic heterocycles. The van der Waals surface area contributed by atoms with E-state index in [1.165, 1.54) is 24.3 Å². The molecule has 5 nitrogen and oxygen atoms in total. The van der Waals surface area contributed by atoms with E-state index >= 15 is 0 Å². The van der Waals surface area contributed by atoms with Crippen molar-refractivity contribution in [3.8, 4) is 0 Å². The lowest BCUT2D eigenvalue weighted by atomic mass is 10.1. The van der Waals surface area contributed by atoms with Crippen LogP contribution in [0.3, 0.4) is 0 Å². The van der Waals surface area contributed by atoms with E-state index in [-0.39, 0.29) is 18.6 Å². The number of thioether (sulfide) groups is 1. The molecule has 1 aromatic carbocycles. The molecule has 0 aliphatic carbocycles. The van der Waals surface area contributed by atoms with Gasteiger partial charge in [0.05, 0.1) is 5.60 Å². The Bertz CT molecular complexity index is 558. The highest BCUT2D eigenvalue weighted by Gasteiger charge is 2.22. The third-order valence-electron chi connectivity index (χ3n) is 2.89. The van der Waals surface area contributed by atoms with E-state index in [4.69, 9.17) is 4.74 Å². The summed E-state index contributed by atoms with van der Waals surface area (Å²) in [6, 6.07) is 4.46. The molecule has 0 aliphatic rings. The van der Waals surface area contributed by atoms with Gasteiger partial charge < -0.3 is 15.2 Å². The van der Waals surface area contributed by atoms with E-state index in [2.05, 4.69) is 5.32 Å². The molecular weight excluding hydrogens is 340 g/mol. The largest absolute Gasteiger partial charge is 0.480 e. The number of carboxylic acid groups (broad SMARTS) is 1. The van der Waals surface area contributed by atoms with Gasteiger partial charge in [-0.25, -0.2) is 4.79 Å². The van der Waals surface area contributed by atoms with Crippen LogP contribution in [0, 0.1) is 0 Å². The molecule has 0 saturated carbocycles. The zero-order chi connectivity index (χ0) is 18.3. The number of amides is 1. The Hall–Kier alpha value is -1.67. The fraction of sp³-hybridized carbons (Fsp3) is 0.500. The maximum absolute atomic E-state index is 12.2. The molecule has 1 unspecified atom stereocenters. The van der Waals surface area contributed by atoms with Gasteiger partial charge in [-0.3, -0.25) is 4.79 Å². The second-order valence-corrected chi connectivity index (χ2v) is 7.08. The number of hydrogen-bond acceptors (Lipinski definition) is 4. The lowest BCUT2D eigenvalue weighted by Crippen LogP contribution is -2.42. The van der Waals surface area contributed by atoms with E-state index in [9.17, 15) is 23.5 Å². The zero-order valence-corrected chi connectivity index (χ0v) is 14.5. The van der Waals surface area contributed by atoms with Crippen molar-refractivity contribution in [1.29, 1.82) is 0 Å². The number of carbonyl (C=O) groups excluding carboxylic acids is 1. The van der Waals surface area contributed by atoms with Crippen LogP contribution in [-0.4, -0.2) is 41.0 Å². The Morgan fingerprint density at radius 2 is 1.83 bits per heavy atom. The summed E-state index contributed by atoms with van der Waals surface area (Å²) in [6.07, 6.45) is 0.123. The number of alkyl halides is 2. The summed E-state index contributed by atoms with van der Waals surface area (Å²) in [5.41, 5.74) is -0.192. The predicted octanol–water partition coefficient (Wildman–Crippen LogP) is 3.39. The second-order valence-electron chi connectivity index (χ2n) is 6.02. The van der Waals surface area contributed by atoms with Crippen molar-refractivity contribution in [2.24, 2.45) is 0 Å². The smallest absolute Gasteiger partial charge is 0.326 e. The van der Waals surface area contributed by atoms with Crippen molar-refractivity contribution in [3.63, 3.8) is 0 Å². The molecular formula is C16H21F2NO4S. The topological polar surface area (TPSA) is 75.6 Å². The summed E-state index contributed by atoms with van der Waals surface area (Å²) in [7, 11) is 0. The summed E-state index contributed by atoms with van der Waals surface area (Å²) in [4.78, 5) is 23.7. The van der Waals surface area contributed by atoms with Gasteiger partial charge in [-0.1, -0.05) is 11.8 Å². The Labute approximate surface area is 143 Å². The van der Waals surface area contributed by atoms with Gasteiger partial charge in [0.1, 0.15) is 6.04 Å². The average molecular weight is 361 g/mol. The molecule has 0 spiro atoms. The van der Waals surface area contributed by atoms with Gasteiger partial charge >= 0.3 is 5.97 Å². The van der Waals surface area contributed by atoms with Gasteiger partial charge in [-0.15, -0.1) is 0 Å². The molecule has 134 valence electrons. The lowest BCUT2D eigenvalue weighted by Gasteiger charge is -2.21. The highest BCUT2D eigenvalue weighted by molar-refractivity contribution is 7.99. The van der Waals surface area contributed by atoms with Crippen LogP contribution < -0.4 is 5.32 Å². The van der Waals surface area contributed by atoms with Crippen LogP contribution in [0.25, 0.3) is 0 Å². The van der Waals surface area contributed by atoms with Gasteiger partial charge in [-0.2, -0.15) is 8.78 Å². The van der Waals surface area contributed by atoms with Crippen molar-refractivity contribution >= 4 is 23.6 Å². The first-order valence-corrected chi connectivity index (χ1v) is 8.19. The number of halogens is 2. The summed E-state index contributed by atoms with van der Waals surface area (Å²) in [5, 5.41) is 11.6. The van der Waals surface area contributed by atoms with Crippen LogP contribution in [0.5, 0.6) is 0 Å². The van der Waals surface area contributed by atoms with Crippen LogP contribution in [0.2, 0.25) is 0 Å². The minimum atomic E-state index is -2.54. The molecule has 1 rings (SSSR count). The van der Waals surface area contributed by atoms with Gasteiger partial charge in [0.25, 0.3) is 11.7 Å². The van der Waals surface area contributed by atoms with E-state index in [1.807, 2.05) is 20.8 Å². The van der Waals surface area contributed by atoms with Gasteiger partial charge in [0.2, 0.25) is 0 Å². The monoisotopic (exact) mass is 361 g/mol. The average Bonchev–Trinajstić information content (AvgIpc) is 2.44. The summed E-state index contributed by atoms with van der Waals surface area (Å²) < 4.78 is 30.0. The molecule has 24 heavy (non-hydrogen) atoms. The maximum Gasteiger partial charge on any atom is 0.326 e. The first kappa shape index (κ1) is 20.4. The summed E-state index contributed by atoms with van der Waals surface area (Å²) in [5.74, 6) is -4.28. The minimum Gasteiger partial charge on any atom is -0.480 e. The number of nitrogens with one attached hydrogen (secondary N) is 1. The normalized spacial score (nSPS) is 12.9. The van der Waals surface area contributed by atoms with Crippen LogP contribution in [0.15, 0.2) is 29.2 Å². The number of rotatable bonds is 8. The molecule has 0 bridgehead atoms. The van der Waals surface area contributed by atoms with E-state index in [1.54, 1.807) is 0 Å². The van der Waals surface area contributed by atoms with Crippen molar-refractivity contribution in [3.05, 3.63) is 29.8 Å². The fourth-order valence-corrected chi connectivity index (χ4v) is 2.27. The molecule has 0 saturated heterocycles. The van der Waals surface area contributed by atoms with Gasteiger partial charge in [-0.05, 0) is 45.0 Å². The number of hydrogen-bond donors (Lipinski definition) is 2. The van der Waals surface area contributed by atoms with Crippen molar-refractivity contribution in [2.45, 2.75) is 49.5 Å².